The Balaban J connectivity index is 2.78. The lowest BCUT2D eigenvalue weighted by Crippen LogP contribution is -2.13. The Kier molecular flexibility index (Phi) is 5.95. The number of ether oxygens (including phenoxy) is 2. The van der Waals surface area contributed by atoms with E-state index < -0.39 is 6.61 Å². The van der Waals surface area contributed by atoms with E-state index in [0.29, 0.717) is 25.4 Å². The number of rotatable bonds is 7. The van der Waals surface area contributed by atoms with Crippen molar-refractivity contribution in [1.29, 1.82) is 0 Å². The predicted molar refractivity (Wildman–Crippen MR) is 64.8 cm³/mol. The molecular formula is C13H15F2NO2. The molecule has 0 heterocycles. The number of benzene rings is 1. The van der Waals surface area contributed by atoms with Crippen LogP contribution in [-0.4, -0.2) is 19.8 Å². The monoisotopic (exact) mass is 255 g/mol. The maximum Gasteiger partial charge on any atom is 0.387 e. The van der Waals surface area contributed by atoms with Gasteiger partial charge in [0.05, 0.1) is 13.2 Å². The van der Waals surface area contributed by atoms with Gasteiger partial charge < -0.3 is 14.8 Å². The van der Waals surface area contributed by atoms with E-state index in [-0.39, 0.29) is 5.75 Å². The lowest BCUT2D eigenvalue weighted by molar-refractivity contribution is -0.0514. The maximum absolute atomic E-state index is 12.2. The molecule has 98 valence electrons. The van der Waals surface area contributed by atoms with E-state index in [1.807, 2.05) is 0 Å². The molecule has 0 unspecified atom stereocenters. The van der Waals surface area contributed by atoms with Gasteiger partial charge in [0, 0.05) is 6.54 Å². The van der Waals surface area contributed by atoms with E-state index >= 15 is 0 Å². The summed E-state index contributed by atoms with van der Waals surface area (Å²) in [7, 11) is 0. The zero-order valence-corrected chi connectivity index (χ0v) is 10.1. The summed E-state index contributed by atoms with van der Waals surface area (Å²) in [6, 6.07) is 4.80. The van der Waals surface area contributed by atoms with E-state index in [1.54, 1.807) is 19.1 Å². The SMILES string of the molecule is C#CCNCc1ccc(OC(F)F)c(OCC)c1. The Morgan fingerprint density at radius 1 is 1.39 bits per heavy atom. The standard InChI is InChI=1S/C13H15F2NO2/c1-3-7-16-9-10-5-6-11(18-13(14)15)12(8-10)17-4-2/h1,5-6,8,13,16H,4,7,9H2,2H3. The van der Waals surface area contributed by atoms with Gasteiger partial charge in [0.15, 0.2) is 11.5 Å². The topological polar surface area (TPSA) is 30.5 Å². The summed E-state index contributed by atoms with van der Waals surface area (Å²) in [5, 5.41) is 3.00. The van der Waals surface area contributed by atoms with E-state index in [2.05, 4.69) is 16.0 Å². The zero-order chi connectivity index (χ0) is 13.4. The largest absolute Gasteiger partial charge is 0.490 e. The second kappa shape index (κ2) is 7.51. The summed E-state index contributed by atoms with van der Waals surface area (Å²) in [5.41, 5.74) is 0.885. The van der Waals surface area contributed by atoms with Gasteiger partial charge in [-0.15, -0.1) is 6.42 Å². The Bertz CT molecular complexity index is 416. The molecule has 0 aliphatic rings. The third-order valence-corrected chi connectivity index (χ3v) is 2.08. The van der Waals surface area contributed by atoms with Crippen molar-refractivity contribution in [3.05, 3.63) is 23.8 Å². The molecule has 0 spiro atoms. The molecule has 3 nitrogen and oxygen atoms in total. The summed E-state index contributed by atoms with van der Waals surface area (Å²) in [6.07, 6.45) is 5.11. The van der Waals surface area contributed by atoms with Gasteiger partial charge in [-0.2, -0.15) is 8.78 Å². The summed E-state index contributed by atoms with van der Waals surface area (Å²) >= 11 is 0. The van der Waals surface area contributed by atoms with Crippen LogP contribution in [0.3, 0.4) is 0 Å². The predicted octanol–water partition coefficient (Wildman–Crippen LogP) is 2.41. The lowest BCUT2D eigenvalue weighted by Gasteiger charge is -2.12. The van der Waals surface area contributed by atoms with Crippen LogP contribution < -0.4 is 14.8 Å². The quantitative estimate of drug-likeness (QED) is 0.599. The second-order valence-electron chi connectivity index (χ2n) is 3.40. The first-order valence-electron chi connectivity index (χ1n) is 5.52. The van der Waals surface area contributed by atoms with Gasteiger partial charge in [-0.05, 0) is 24.6 Å². The van der Waals surface area contributed by atoms with Crippen LogP contribution in [0.15, 0.2) is 18.2 Å². The fourth-order valence-corrected chi connectivity index (χ4v) is 1.40. The van der Waals surface area contributed by atoms with Crippen molar-refractivity contribution in [2.24, 2.45) is 0 Å². The highest BCUT2D eigenvalue weighted by atomic mass is 19.3. The number of hydrogen-bond donors (Lipinski definition) is 1. The first-order chi connectivity index (χ1) is 8.67. The molecule has 0 saturated carbocycles. The zero-order valence-electron chi connectivity index (χ0n) is 10.1. The van der Waals surface area contributed by atoms with Crippen LogP contribution in [0.4, 0.5) is 8.78 Å². The first-order valence-corrected chi connectivity index (χ1v) is 5.52. The Morgan fingerprint density at radius 2 is 2.17 bits per heavy atom. The van der Waals surface area contributed by atoms with Crippen molar-refractivity contribution in [2.75, 3.05) is 13.2 Å². The number of alkyl halides is 2. The molecule has 0 aliphatic carbocycles. The molecule has 0 saturated heterocycles. The Morgan fingerprint density at radius 3 is 2.78 bits per heavy atom. The first kappa shape index (κ1) is 14.3. The molecule has 5 heteroatoms. The van der Waals surface area contributed by atoms with Gasteiger partial charge in [-0.3, -0.25) is 0 Å². The molecule has 0 bridgehead atoms. The molecule has 0 aromatic heterocycles. The van der Waals surface area contributed by atoms with Gasteiger partial charge >= 0.3 is 6.61 Å². The minimum atomic E-state index is -2.87. The number of hydrogen-bond acceptors (Lipinski definition) is 3. The molecular weight excluding hydrogens is 240 g/mol. The lowest BCUT2D eigenvalue weighted by atomic mass is 10.2. The Hall–Kier alpha value is -1.80. The van der Waals surface area contributed by atoms with Crippen LogP contribution in [0.1, 0.15) is 12.5 Å². The van der Waals surface area contributed by atoms with Gasteiger partial charge in [0.2, 0.25) is 0 Å². The summed E-state index contributed by atoms with van der Waals surface area (Å²) in [4.78, 5) is 0. The van der Waals surface area contributed by atoms with Crippen LogP contribution in [0.2, 0.25) is 0 Å². The third kappa shape index (κ3) is 4.60. The van der Waals surface area contributed by atoms with Crippen LogP contribution >= 0.6 is 0 Å². The molecule has 1 aromatic rings. The van der Waals surface area contributed by atoms with Crippen molar-refractivity contribution in [3.8, 4) is 23.8 Å². The molecule has 1 rings (SSSR count). The van der Waals surface area contributed by atoms with Crippen molar-refractivity contribution >= 4 is 0 Å². The van der Waals surface area contributed by atoms with Crippen molar-refractivity contribution in [2.45, 2.75) is 20.1 Å². The minimum absolute atomic E-state index is 0.0348. The van der Waals surface area contributed by atoms with E-state index in [9.17, 15) is 8.78 Å². The fourth-order valence-electron chi connectivity index (χ4n) is 1.40. The van der Waals surface area contributed by atoms with Crippen molar-refractivity contribution < 1.29 is 18.3 Å². The van der Waals surface area contributed by atoms with Gasteiger partial charge in [0.25, 0.3) is 0 Å². The maximum atomic E-state index is 12.2. The van der Waals surface area contributed by atoms with E-state index in [0.717, 1.165) is 5.56 Å². The molecule has 1 N–H and O–H groups in total. The second-order valence-corrected chi connectivity index (χ2v) is 3.40. The van der Waals surface area contributed by atoms with Gasteiger partial charge in [0.1, 0.15) is 0 Å². The molecule has 18 heavy (non-hydrogen) atoms. The number of nitrogens with one attached hydrogen (secondary N) is 1. The smallest absolute Gasteiger partial charge is 0.387 e. The highest BCUT2D eigenvalue weighted by Gasteiger charge is 2.11. The minimum Gasteiger partial charge on any atom is -0.490 e. The van der Waals surface area contributed by atoms with Gasteiger partial charge in [-0.1, -0.05) is 12.0 Å². The highest BCUT2D eigenvalue weighted by Crippen LogP contribution is 2.29. The van der Waals surface area contributed by atoms with Crippen molar-refractivity contribution in [3.63, 3.8) is 0 Å². The van der Waals surface area contributed by atoms with E-state index in [1.165, 1.54) is 6.07 Å². The molecule has 1 aromatic carbocycles. The Labute approximate surface area is 105 Å². The summed E-state index contributed by atoms with van der Waals surface area (Å²) in [5.74, 6) is 2.79. The van der Waals surface area contributed by atoms with E-state index in [4.69, 9.17) is 11.2 Å². The van der Waals surface area contributed by atoms with Crippen molar-refractivity contribution in [1.82, 2.24) is 5.32 Å². The molecule has 0 amide bonds. The summed E-state index contributed by atoms with van der Waals surface area (Å²) < 4.78 is 34.0. The third-order valence-electron chi connectivity index (χ3n) is 2.08. The van der Waals surface area contributed by atoms with Gasteiger partial charge in [-0.25, -0.2) is 0 Å². The van der Waals surface area contributed by atoms with Crippen LogP contribution in [0.5, 0.6) is 11.5 Å². The highest BCUT2D eigenvalue weighted by molar-refractivity contribution is 5.43. The average Bonchev–Trinajstić information content (AvgIpc) is 2.32. The van der Waals surface area contributed by atoms with Crippen LogP contribution in [-0.2, 0) is 6.54 Å². The normalized spacial score (nSPS) is 10.2. The molecule has 0 aliphatic heterocycles. The molecule has 0 atom stereocenters. The summed E-state index contributed by atoms with van der Waals surface area (Å²) in [6.45, 7) is 0.268. The van der Waals surface area contributed by atoms with Crippen LogP contribution in [0, 0.1) is 12.3 Å². The number of halogens is 2. The number of terminal acetylenes is 1. The fraction of sp³-hybridized carbons (Fsp3) is 0.385. The molecule has 0 radical (unpaired) electrons. The molecule has 0 fully saturated rings. The average molecular weight is 255 g/mol. The van der Waals surface area contributed by atoms with Crippen LogP contribution in [0.25, 0.3) is 0 Å².